The Balaban J connectivity index is 1.62. The Morgan fingerprint density at radius 3 is 2.16 bits per heavy atom. The third kappa shape index (κ3) is 6.28. The molecule has 1 fully saturated rings. The first kappa shape index (κ1) is 22.8. The van der Waals surface area contributed by atoms with Crippen LogP contribution in [0.3, 0.4) is 0 Å². The fourth-order valence-corrected chi connectivity index (χ4v) is 3.41. The second-order valence-electron chi connectivity index (χ2n) is 7.25. The molecule has 1 aliphatic rings. The number of carbonyl (C=O) groups excluding carboxylic acids is 1. The molecule has 0 heterocycles. The number of carbonyl (C=O) groups is 1. The Morgan fingerprint density at radius 1 is 0.871 bits per heavy atom. The van der Waals surface area contributed by atoms with Crippen molar-refractivity contribution in [1.29, 1.82) is 0 Å². The Labute approximate surface area is 174 Å². The molecule has 2 amide bonds. The van der Waals surface area contributed by atoms with Crippen molar-refractivity contribution in [3.05, 3.63) is 59.7 Å². The highest BCUT2D eigenvalue weighted by Gasteiger charge is 2.32. The van der Waals surface area contributed by atoms with Crippen molar-refractivity contribution >= 4 is 11.7 Å². The van der Waals surface area contributed by atoms with E-state index in [9.17, 15) is 31.1 Å². The zero-order chi connectivity index (χ0) is 22.6. The van der Waals surface area contributed by atoms with Gasteiger partial charge in [-0.25, -0.2) is 4.79 Å². The van der Waals surface area contributed by atoms with Crippen LogP contribution in [0, 0.1) is 0 Å². The van der Waals surface area contributed by atoms with Crippen molar-refractivity contribution in [3.63, 3.8) is 0 Å². The third-order valence-corrected chi connectivity index (χ3v) is 4.94. The topological polar surface area (TPSA) is 50.4 Å². The molecule has 2 N–H and O–H groups in total. The zero-order valence-corrected chi connectivity index (χ0v) is 16.2. The summed E-state index contributed by atoms with van der Waals surface area (Å²) in [6.07, 6.45) is -6.68. The van der Waals surface area contributed by atoms with Crippen LogP contribution in [-0.2, 0) is 12.4 Å². The molecule has 0 aliphatic heterocycles. The molecule has 2 aromatic carbocycles. The van der Waals surface area contributed by atoms with Crippen LogP contribution in [0.15, 0.2) is 48.5 Å². The normalized spacial score (nSPS) is 19.5. The van der Waals surface area contributed by atoms with Gasteiger partial charge in [0.25, 0.3) is 0 Å². The van der Waals surface area contributed by atoms with E-state index in [1.54, 1.807) is 0 Å². The summed E-state index contributed by atoms with van der Waals surface area (Å²) in [5.41, 5.74) is -1.69. The molecule has 2 atom stereocenters. The second kappa shape index (κ2) is 9.07. The van der Waals surface area contributed by atoms with Gasteiger partial charge in [0, 0.05) is 5.69 Å². The van der Waals surface area contributed by atoms with E-state index < -0.39 is 41.7 Å². The molecule has 0 aromatic heterocycles. The van der Waals surface area contributed by atoms with Crippen LogP contribution in [-0.4, -0.2) is 18.2 Å². The van der Waals surface area contributed by atoms with Gasteiger partial charge in [0.15, 0.2) is 0 Å². The Bertz CT molecular complexity index is 896. The van der Waals surface area contributed by atoms with Crippen LogP contribution in [0.4, 0.5) is 36.8 Å². The summed E-state index contributed by atoms with van der Waals surface area (Å²) >= 11 is 0. The number of anilines is 1. The maximum atomic E-state index is 12.8. The van der Waals surface area contributed by atoms with E-state index >= 15 is 0 Å². The van der Waals surface area contributed by atoms with Gasteiger partial charge in [-0.3, -0.25) is 0 Å². The number of urea groups is 1. The number of nitrogens with one attached hydrogen (secondary N) is 2. The average molecular weight is 446 g/mol. The standard InChI is InChI=1S/C21H20F6N2O2/c22-20(23,24)13-8-10-16(11-9-13)31-18-7-2-1-6-17(18)29-19(30)28-15-5-3-4-14(12-15)21(25,26)27/h3-5,8-12,17-18H,1-2,6-7H2,(H2,28,29,30). The predicted molar refractivity (Wildman–Crippen MR) is 102 cm³/mol. The molecule has 0 bridgehead atoms. The summed E-state index contributed by atoms with van der Waals surface area (Å²) in [7, 11) is 0. The number of rotatable bonds is 4. The van der Waals surface area contributed by atoms with E-state index in [2.05, 4.69) is 10.6 Å². The summed E-state index contributed by atoms with van der Waals surface area (Å²) in [6, 6.07) is 7.40. The van der Waals surface area contributed by atoms with Gasteiger partial charge < -0.3 is 15.4 Å². The SMILES string of the molecule is O=C(Nc1cccc(C(F)(F)F)c1)NC1CCCCC1Oc1ccc(C(F)(F)F)cc1. The quantitative estimate of drug-likeness (QED) is 0.547. The van der Waals surface area contributed by atoms with E-state index in [0.717, 1.165) is 37.1 Å². The van der Waals surface area contributed by atoms with Gasteiger partial charge in [0.1, 0.15) is 11.9 Å². The van der Waals surface area contributed by atoms with Gasteiger partial charge in [-0.1, -0.05) is 12.5 Å². The van der Waals surface area contributed by atoms with Crippen LogP contribution in [0.25, 0.3) is 0 Å². The fraction of sp³-hybridized carbons (Fsp3) is 0.381. The maximum absolute atomic E-state index is 12.8. The minimum Gasteiger partial charge on any atom is -0.488 e. The number of amides is 2. The minimum absolute atomic E-state index is 0.0108. The van der Waals surface area contributed by atoms with Gasteiger partial charge >= 0.3 is 18.4 Å². The number of ether oxygens (including phenoxy) is 1. The third-order valence-electron chi connectivity index (χ3n) is 4.94. The van der Waals surface area contributed by atoms with E-state index in [0.29, 0.717) is 12.8 Å². The van der Waals surface area contributed by atoms with Crippen LogP contribution in [0.5, 0.6) is 5.75 Å². The smallest absolute Gasteiger partial charge is 0.416 e. The molecule has 1 saturated carbocycles. The first-order valence-corrected chi connectivity index (χ1v) is 9.61. The number of halogens is 6. The monoisotopic (exact) mass is 446 g/mol. The molecular weight excluding hydrogens is 426 g/mol. The lowest BCUT2D eigenvalue weighted by Gasteiger charge is -2.32. The van der Waals surface area contributed by atoms with E-state index in [1.807, 2.05) is 0 Å². The van der Waals surface area contributed by atoms with Crippen LogP contribution >= 0.6 is 0 Å². The molecule has 4 nitrogen and oxygen atoms in total. The van der Waals surface area contributed by atoms with E-state index in [4.69, 9.17) is 4.74 Å². The Kier molecular flexibility index (Phi) is 6.66. The van der Waals surface area contributed by atoms with Gasteiger partial charge in [-0.15, -0.1) is 0 Å². The highest BCUT2D eigenvalue weighted by atomic mass is 19.4. The first-order chi connectivity index (χ1) is 14.5. The van der Waals surface area contributed by atoms with Crippen molar-refractivity contribution in [2.75, 3.05) is 5.32 Å². The van der Waals surface area contributed by atoms with Crippen molar-refractivity contribution in [3.8, 4) is 5.75 Å². The molecule has 0 saturated heterocycles. The van der Waals surface area contributed by atoms with Gasteiger partial charge in [-0.05, 0) is 61.7 Å². The van der Waals surface area contributed by atoms with E-state index in [1.165, 1.54) is 24.3 Å². The van der Waals surface area contributed by atoms with E-state index in [-0.39, 0.29) is 11.4 Å². The zero-order valence-electron chi connectivity index (χ0n) is 16.2. The van der Waals surface area contributed by atoms with Crippen molar-refractivity contribution in [2.45, 2.75) is 50.2 Å². The number of alkyl halides is 6. The fourth-order valence-electron chi connectivity index (χ4n) is 3.41. The molecular formula is C21H20F6N2O2. The van der Waals surface area contributed by atoms with Crippen molar-refractivity contribution in [1.82, 2.24) is 5.32 Å². The largest absolute Gasteiger partial charge is 0.488 e. The summed E-state index contributed by atoms with van der Waals surface area (Å²) in [5.74, 6) is 0.241. The molecule has 0 spiro atoms. The Morgan fingerprint density at radius 2 is 1.52 bits per heavy atom. The molecule has 31 heavy (non-hydrogen) atoms. The highest BCUT2D eigenvalue weighted by molar-refractivity contribution is 5.89. The predicted octanol–water partition coefficient (Wildman–Crippen LogP) is 6.24. The molecule has 3 rings (SSSR count). The summed E-state index contributed by atoms with van der Waals surface area (Å²) in [4.78, 5) is 12.3. The Hall–Kier alpha value is -2.91. The second-order valence-corrected chi connectivity index (χ2v) is 7.25. The lowest BCUT2D eigenvalue weighted by molar-refractivity contribution is -0.138. The summed E-state index contributed by atoms with van der Waals surface area (Å²) in [5, 5.41) is 5.07. The average Bonchev–Trinajstić information content (AvgIpc) is 2.69. The van der Waals surface area contributed by atoms with Gasteiger partial charge in [0.05, 0.1) is 17.2 Å². The van der Waals surface area contributed by atoms with Crippen LogP contribution in [0.2, 0.25) is 0 Å². The molecule has 0 radical (unpaired) electrons. The van der Waals surface area contributed by atoms with Crippen molar-refractivity contribution in [2.24, 2.45) is 0 Å². The minimum atomic E-state index is -4.53. The highest BCUT2D eigenvalue weighted by Crippen LogP contribution is 2.32. The summed E-state index contributed by atoms with van der Waals surface area (Å²) < 4.78 is 82.3. The van der Waals surface area contributed by atoms with Crippen molar-refractivity contribution < 1.29 is 35.9 Å². The lowest BCUT2D eigenvalue weighted by atomic mass is 9.92. The molecule has 10 heteroatoms. The molecule has 1 aliphatic carbocycles. The summed E-state index contributed by atoms with van der Waals surface area (Å²) in [6.45, 7) is 0. The van der Waals surface area contributed by atoms with Crippen LogP contribution in [0.1, 0.15) is 36.8 Å². The van der Waals surface area contributed by atoms with Crippen LogP contribution < -0.4 is 15.4 Å². The number of hydrogen-bond acceptors (Lipinski definition) is 2. The molecule has 168 valence electrons. The maximum Gasteiger partial charge on any atom is 0.416 e. The molecule has 2 aromatic rings. The number of hydrogen-bond donors (Lipinski definition) is 2. The molecule has 2 unspecified atom stereocenters. The first-order valence-electron chi connectivity index (χ1n) is 9.61. The van der Waals surface area contributed by atoms with Gasteiger partial charge in [0.2, 0.25) is 0 Å². The lowest BCUT2D eigenvalue weighted by Crippen LogP contribution is -2.49. The number of benzene rings is 2. The van der Waals surface area contributed by atoms with Gasteiger partial charge in [-0.2, -0.15) is 26.3 Å².